The van der Waals surface area contributed by atoms with Gasteiger partial charge in [0.05, 0.1) is 18.9 Å². The van der Waals surface area contributed by atoms with Crippen molar-refractivity contribution in [3.8, 4) is 0 Å². The van der Waals surface area contributed by atoms with Crippen LogP contribution in [0.3, 0.4) is 0 Å². The minimum Gasteiger partial charge on any atom is -0.384 e. The van der Waals surface area contributed by atoms with Crippen LogP contribution in [0.2, 0.25) is 0 Å². The van der Waals surface area contributed by atoms with Gasteiger partial charge in [-0.05, 0) is 25.3 Å². The molecule has 1 atom stereocenters. The fourth-order valence-corrected chi connectivity index (χ4v) is 3.93. The normalized spacial score (nSPS) is 22.7. The van der Waals surface area contributed by atoms with E-state index in [2.05, 4.69) is 5.32 Å². The Morgan fingerprint density at radius 1 is 1.29 bits per heavy atom. The molecule has 1 spiro atoms. The summed E-state index contributed by atoms with van der Waals surface area (Å²) in [5.74, 6) is 0.183. The zero-order valence-corrected chi connectivity index (χ0v) is 14.5. The Balaban J connectivity index is 1.59. The summed E-state index contributed by atoms with van der Waals surface area (Å²) in [5, 5.41) is 2.98. The summed E-state index contributed by atoms with van der Waals surface area (Å²) in [4.78, 5) is 26.5. The second kappa shape index (κ2) is 6.93. The Labute approximate surface area is 143 Å². The molecule has 2 saturated heterocycles. The maximum atomic E-state index is 12.5. The van der Waals surface area contributed by atoms with Crippen molar-refractivity contribution in [1.82, 2.24) is 10.2 Å². The van der Waals surface area contributed by atoms with Gasteiger partial charge in [0.1, 0.15) is 0 Å². The molecule has 2 amide bonds. The van der Waals surface area contributed by atoms with Crippen LogP contribution in [0.25, 0.3) is 0 Å². The summed E-state index contributed by atoms with van der Waals surface area (Å²) in [5.41, 5.74) is 2.21. The molecule has 0 aliphatic carbocycles. The smallest absolute Gasteiger partial charge is 0.226 e. The predicted molar refractivity (Wildman–Crippen MR) is 91.5 cm³/mol. The zero-order chi connectivity index (χ0) is 17.2. The summed E-state index contributed by atoms with van der Waals surface area (Å²) in [7, 11) is 1.64. The van der Waals surface area contributed by atoms with E-state index >= 15 is 0 Å². The molecule has 1 aromatic rings. The van der Waals surface area contributed by atoms with E-state index in [9.17, 15) is 9.59 Å². The summed E-state index contributed by atoms with van der Waals surface area (Å²) in [6, 6.07) is 8.12. The van der Waals surface area contributed by atoms with Crippen LogP contribution < -0.4 is 5.32 Å². The molecule has 130 valence electrons. The predicted octanol–water partition coefficient (Wildman–Crippen LogP) is 1.54. The molecule has 0 aromatic heterocycles. The van der Waals surface area contributed by atoms with Crippen molar-refractivity contribution in [2.75, 3.05) is 33.4 Å². The molecule has 1 unspecified atom stereocenters. The Hall–Kier alpha value is -1.88. The lowest BCUT2D eigenvalue weighted by molar-refractivity contribution is -0.134. The summed E-state index contributed by atoms with van der Waals surface area (Å²) >= 11 is 0. The maximum absolute atomic E-state index is 12.5. The van der Waals surface area contributed by atoms with Gasteiger partial charge in [-0.1, -0.05) is 29.8 Å². The molecule has 2 heterocycles. The number of rotatable bonds is 4. The number of aryl methyl sites for hydroxylation is 1. The lowest BCUT2D eigenvalue weighted by Gasteiger charge is -2.41. The number of carbonyl (C=O) groups is 2. The zero-order valence-electron chi connectivity index (χ0n) is 14.5. The van der Waals surface area contributed by atoms with Gasteiger partial charge in [0.25, 0.3) is 0 Å². The summed E-state index contributed by atoms with van der Waals surface area (Å²) in [6.07, 6.45) is 2.17. The van der Waals surface area contributed by atoms with Crippen LogP contribution in [0.5, 0.6) is 0 Å². The first kappa shape index (κ1) is 17.0. The fourth-order valence-electron chi connectivity index (χ4n) is 3.93. The number of nitrogens with zero attached hydrogens (tertiary/aromatic N) is 1. The van der Waals surface area contributed by atoms with E-state index in [1.165, 1.54) is 5.56 Å². The number of nitrogens with one attached hydrogen (secondary N) is 1. The SMILES string of the molecule is COCC1C(=O)NCC12CCN(C(=O)Cc1ccc(C)cc1)CC2. The molecular weight excluding hydrogens is 304 g/mol. The average molecular weight is 330 g/mol. The Bertz CT molecular complexity index is 604. The van der Waals surface area contributed by atoms with Crippen molar-refractivity contribution in [3.63, 3.8) is 0 Å². The third-order valence-corrected chi connectivity index (χ3v) is 5.59. The molecule has 3 rings (SSSR count). The molecule has 1 aromatic carbocycles. The largest absolute Gasteiger partial charge is 0.384 e. The molecule has 5 heteroatoms. The van der Waals surface area contributed by atoms with Crippen molar-refractivity contribution < 1.29 is 14.3 Å². The Morgan fingerprint density at radius 2 is 1.96 bits per heavy atom. The van der Waals surface area contributed by atoms with Gasteiger partial charge >= 0.3 is 0 Å². The number of methoxy groups -OCH3 is 1. The Morgan fingerprint density at radius 3 is 2.58 bits per heavy atom. The Kier molecular flexibility index (Phi) is 4.90. The van der Waals surface area contributed by atoms with Crippen molar-refractivity contribution in [3.05, 3.63) is 35.4 Å². The first-order valence-electron chi connectivity index (χ1n) is 8.64. The van der Waals surface area contributed by atoms with Gasteiger partial charge in [-0.25, -0.2) is 0 Å². The van der Waals surface area contributed by atoms with Crippen LogP contribution in [0.4, 0.5) is 0 Å². The highest BCUT2D eigenvalue weighted by Gasteiger charge is 2.49. The molecular formula is C19H26N2O3. The second-order valence-electron chi connectivity index (χ2n) is 7.13. The first-order valence-corrected chi connectivity index (χ1v) is 8.64. The highest BCUT2D eigenvalue weighted by Crippen LogP contribution is 2.42. The third-order valence-electron chi connectivity index (χ3n) is 5.59. The number of likely N-dealkylation sites (tertiary alicyclic amines) is 1. The van der Waals surface area contributed by atoms with Gasteiger partial charge in [0.2, 0.25) is 11.8 Å². The standard InChI is InChI=1S/C19H26N2O3/c1-14-3-5-15(6-4-14)11-17(22)21-9-7-19(8-10-21)13-20-18(23)16(19)12-24-2/h3-6,16H,7-13H2,1-2H3,(H,20,23). The summed E-state index contributed by atoms with van der Waals surface area (Å²) in [6.45, 7) is 4.66. The number of ether oxygens (including phenoxy) is 1. The fraction of sp³-hybridized carbons (Fsp3) is 0.579. The lowest BCUT2D eigenvalue weighted by Crippen LogP contribution is -2.47. The molecule has 2 fully saturated rings. The number of amides is 2. The average Bonchev–Trinajstić information content (AvgIpc) is 2.88. The number of hydrogen-bond donors (Lipinski definition) is 1. The third kappa shape index (κ3) is 3.31. The van der Waals surface area contributed by atoms with Crippen LogP contribution in [-0.2, 0) is 20.7 Å². The van der Waals surface area contributed by atoms with E-state index in [1.54, 1.807) is 7.11 Å². The monoisotopic (exact) mass is 330 g/mol. The van der Waals surface area contributed by atoms with E-state index in [-0.39, 0.29) is 23.1 Å². The highest BCUT2D eigenvalue weighted by atomic mass is 16.5. The minimum absolute atomic E-state index is 0.0479. The van der Waals surface area contributed by atoms with Gasteiger partial charge in [-0.2, -0.15) is 0 Å². The van der Waals surface area contributed by atoms with Crippen molar-refractivity contribution >= 4 is 11.8 Å². The van der Waals surface area contributed by atoms with Gasteiger partial charge < -0.3 is 15.0 Å². The molecule has 2 aliphatic heterocycles. The maximum Gasteiger partial charge on any atom is 0.226 e. The number of piperidine rings is 1. The van der Waals surface area contributed by atoms with Gasteiger partial charge in [0.15, 0.2) is 0 Å². The number of carbonyl (C=O) groups excluding carboxylic acids is 2. The molecule has 0 bridgehead atoms. The lowest BCUT2D eigenvalue weighted by atomic mass is 9.71. The molecule has 0 radical (unpaired) electrons. The van der Waals surface area contributed by atoms with Crippen LogP contribution >= 0.6 is 0 Å². The highest BCUT2D eigenvalue weighted by molar-refractivity contribution is 5.82. The quantitative estimate of drug-likeness (QED) is 0.911. The van der Waals surface area contributed by atoms with Crippen molar-refractivity contribution in [2.24, 2.45) is 11.3 Å². The molecule has 2 aliphatic rings. The van der Waals surface area contributed by atoms with E-state index in [0.717, 1.165) is 31.5 Å². The summed E-state index contributed by atoms with van der Waals surface area (Å²) < 4.78 is 5.25. The molecule has 24 heavy (non-hydrogen) atoms. The minimum atomic E-state index is -0.0862. The van der Waals surface area contributed by atoms with E-state index in [1.807, 2.05) is 36.1 Å². The second-order valence-corrected chi connectivity index (χ2v) is 7.13. The van der Waals surface area contributed by atoms with E-state index in [0.29, 0.717) is 19.6 Å². The van der Waals surface area contributed by atoms with E-state index < -0.39 is 0 Å². The number of benzene rings is 1. The first-order chi connectivity index (χ1) is 11.5. The number of hydrogen-bond acceptors (Lipinski definition) is 3. The van der Waals surface area contributed by atoms with Crippen molar-refractivity contribution in [2.45, 2.75) is 26.2 Å². The van der Waals surface area contributed by atoms with Crippen LogP contribution in [0.1, 0.15) is 24.0 Å². The molecule has 1 N–H and O–H groups in total. The molecule has 5 nitrogen and oxygen atoms in total. The topological polar surface area (TPSA) is 58.6 Å². The van der Waals surface area contributed by atoms with Crippen LogP contribution in [0.15, 0.2) is 24.3 Å². The van der Waals surface area contributed by atoms with Crippen molar-refractivity contribution in [1.29, 1.82) is 0 Å². The van der Waals surface area contributed by atoms with Gasteiger partial charge in [-0.15, -0.1) is 0 Å². The van der Waals surface area contributed by atoms with Crippen LogP contribution in [-0.4, -0.2) is 50.1 Å². The van der Waals surface area contributed by atoms with Crippen LogP contribution in [0, 0.1) is 18.3 Å². The van der Waals surface area contributed by atoms with E-state index in [4.69, 9.17) is 4.74 Å². The van der Waals surface area contributed by atoms with Gasteiger partial charge in [-0.3, -0.25) is 9.59 Å². The molecule has 0 saturated carbocycles. The van der Waals surface area contributed by atoms with Gasteiger partial charge in [0, 0.05) is 32.2 Å².